The maximum Gasteiger partial charge on any atom is 0.128 e. The number of benzene rings is 2. The topological polar surface area (TPSA) is 65.9 Å². The van der Waals surface area contributed by atoms with Crippen molar-refractivity contribution in [3.8, 4) is 0 Å². The first-order valence-electron chi connectivity index (χ1n) is 9.93. The summed E-state index contributed by atoms with van der Waals surface area (Å²) in [5.74, 6) is 0.974. The number of halogens is 1. The molecule has 0 aliphatic carbocycles. The molecule has 7 heteroatoms. The van der Waals surface area contributed by atoms with Crippen molar-refractivity contribution in [3.63, 3.8) is 0 Å². The van der Waals surface area contributed by atoms with E-state index in [0.717, 1.165) is 53.9 Å². The number of amidine groups is 1. The first-order valence-corrected chi connectivity index (χ1v) is 10.7. The standard InChI is InChI=1S/C20H22ClN3O.C2H6.H2OS/c1-14(15-6-2-3-7-16(15)21)22-19-20(10-12-25-13-11-20)24-18-9-5-4-8-17(18)23-19;2*1-2/h2-9,14,24H,10-13H2,1H3,(H,22,23);1-2H3;1-2H. The third-order valence-corrected chi connectivity index (χ3v) is 5.38. The fourth-order valence-corrected chi connectivity index (χ4v) is 3.87. The van der Waals surface area contributed by atoms with Crippen molar-refractivity contribution in [1.29, 1.82) is 0 Å². The second kappa shape index (κ2) is 11.5. The predicted molar refractivity (Wildman–Crippen MR) is 127 cm³/mol. The summed E-state index contributed by atoms with van der Waals surface area (Å²) in [5.41, 5.74) is 3.01. The highest BCUT2D eigenvalue weighted by Crippen LogP contribution is 2.37. The SMILES string of the molecule is CC.CC(N=C1Nc2ccccc2NC12CCOCC2)c1ccccc1Cl.OS. The summed E-state index contributed by atoms with van der Waals surface area (Å²) < 4.78 is 12.3. The number of nitrogens with one attached hydrogen (secondary N) is 2. The third kappa shape index (κ3) is 5.45. The highest BCUT2D eigenvalue weighted by atomic mass is 35.5. The Morgan fingerprint density at radius 1 is 1.03 bits per heavy atom. The van der Waals surface area contributed by atoms with E-state index in [1.165, 1.54) is 0 Å². The van der Waals surface area contributed by atoms with Gasteiger partial charge in [-0.05, 0) is 43.6 Å². The average molecular weight is 436 g/mol. The van der Waals surface area contributed by atoms with Crippen LogP contribution in [0.25, 0.3) is 0 Å². The van der Waals surface area contributed by atoms with E-state index in [1.807, 2.05) is 44.2 Å². The van der Waals surface area contributed by atoms with Gasteiger partial charge in [0.25, 0.3) is 0 Å². The van der Waals surface area contributed by atoms with Crippen molar-refractivity contribution in [1.82, 2.24) is 0 Å². The van der Waals surface area contributed by atoms with E-state index in [2.05, 4.69) is 48.7 Å². The number of nitrogens with zero attached hydrogens (tertiary/aromatic N) is 1. The van der Waals surface area contributed by atoms with E-state index in [-0.39, 0.29) is 11.6 Å². The van der Waals surface area contributed by atoms with Crippen LogP contribution in [-0.2, 0) is 4.74 Å². The van der Waals surface area contributed by atoms with Crippen molar-refractivity contribution >= 4 is 41.7 Å². The number of fused-ring (bicyclic) bond motifs is 1. The molecule has 0 saturated carbocycles. The first-order chi connectivity index (χ1) is 14.2. The number of anilines is 2. The predicted octanol–water partition coefficient (Wildman–Crippen LogP) is 6.30. The molecular weight excluding hydrogens is 406 g/mol. The monoisotopic (exact) mass is 435 g/mol. The van der Waals surface area contributed by atoms with Crippen LogP contribution < -0.4 is 10.6 Å². The van der Waals surface area contributed by atoms with E-state index in [4.69, 9.17) is 25.9 Å². The van der Waals surface area contributed by atoms with Gasteiger partial charge in [0.05, 0.1) is 23.0 Å². The van der Waals surface area contributed by atoms with Gasteiger partial charge in [-0.3, -0.25) is 4.99 Å². The van der Waals surface area contributed by atoms with Crippen molar-refractivity contribution in [2.24, 2.45) is 4.99 Å². The molecule has 1 atom stereocenters. The Labute approximate surface area is 184 Å². The minimum atomic E-state index is -0.206. The van der Waals surface area contributed by atoms with Gasteiger partial charge in [-0.2, -0.15) is 0 Å². The van der Waals surface area contributed by atoms with Crippen molar-refractivity contribution < 1.29 is 9.29 Å². The van der Waals surface area contributed by atoms with Crippen molar-refractivity contribution in [3.05, 3.63) is 59.1 Å². The van der Waals surface area contributed by atoms with Gasteiger partial charge in [-0.1, -0.05) is 55.8 Å². The average Bonchev–Trinajstić information content (AvgIpc) is 2.78. The smallest absolute Gasteiger partial charge is 0.128 e. The first kappa shape index (κ1) is 23.5. The molecular formula is C22H30ClN3O2S. The normalized spacial score (nSPS) is 18.8. The van der Waals surface area contributed by atoms with E-state index < -0.39 is 0 Å². The summed E-state index contributed by atoms with van der Waals surface area (Å²) in [5, 5.41) is 8.05. The van der Waals surface area contributed by atoms with Crippen LogP contribution in [0.3, 0.4) is 0 Å². The molecule has 5 nitrogen and oxygen atoms in total. The Balaban J connectivity index is 0.000000707. The van der Waals surface area contributed by atoms with Crippen LogP contribution in [-0.4, -0.2) is 29.1 Å². The van der Waals surface area contributed by atoms with Gasteiger partial charge in [0.2, 0.25) is 0 Å². The Morgan fingerprint density at radius 3 is 2.28 bits per heavy atom. The van der Waals surface area contributed by atoms with Crippen LogP contribution in [0.1, 0.15) is 45.2 Å². The van der Waals surface area contributed by atoms with Gasteiger partial charge in [-0.25, -0.2) is 0 Å². The molecule has 1 unspecified atom stereocenters. The zero-order chi connectivity index (χ0) is 21.3. The minimum absolute atomic E-state index is 0.0250. The summed E-state index contributed by atoms with van der Waals surface area (Å²) in [6, 6.07) is 16.1. The number of aliphatic imine (C=N–C) groups is 1. The van der Waals surface area contributed by atoms with Crippen LogP contribution in [0.15, 0.2) is 53.5 Å². The van der Waals surface area contributed by atoms with E-state index in [0.29, 0.717) is 0 Å². The summed E-state index contributed by atoms with van der Waals surface area (Å²) in [4.78, 5) is 5.05. The number of hydrogen-bond acceptors (Lipinski definition) is 5. The molecule has 0 aromatic heterocycles. The lowest BCUT2D eigenvalue weighted by Gasteiger charge is -2.44. The van der Waals surface area contributed by atoms with Crippen LogP contribution >= 0.6 is 24.5 Å². The number of thiol groups is 1. The summed E-state index contributed by atoms with van der Waals surface area (Å²) >= 11 is 8.90. The fraction of sp³-hybridized carbons (Fsp3) is 0.409. The second-order valence-corrected chi connectivity index (χ2v) is 7.07. The summed E-state index contributed by atoms with van der Waals surface area (Å²) in [7, 11) is 0. The lowest BCUT2D eigenvalue weighted by Crippen LogP contribution is -2.55. The zero-order valence-electron chi connectivity index (χ0n) is 17.2. The number of rotatable bonds is 2. The number of hydrogen-bond donors (Lipinski definition) is 4. The van der Waals surface area contributed by atoms with E-state index >= 15 is 0 Å². The van der Waals surface area contributed by atoms with Gasteiger partial charge in [0.15, 0.2) is 0 Å². The molecule has 0 bridgehead atoms. The largest absolute Gasteiger partial charge is 0.381 e. The molecule has 1 spiro atoms. The Hall–Kier alpha value is -1.73. The zero-order valence-corrected chi connectivity index (χ0v) is 18.8. The molecule has 3 N–H and O–H groups in total. The molecule has 2 aliphatic rings. The van der Waals surface area contributed by atoms with Gasteiger partial charge in [-0.15, -0.1) is 0 Å². The Bertz CT molecular complexity index is 810. The van der Waals surface area contributed by atoms with Gasteiger partial charge in [0, 0.05) is 31.1 Å². The van der Waals surface area contributed by atoms with Gasteiger partial charge in [0.1, 0.15) is 5.84 Å². The molecule has 1 saturated heterocycles. The molecule has 2 aliphatic heterocycles. The third-order valence-electron chi connectivity index (χ3n) is 5.03. The molecule has 2 heterocycles. The maximum atomic E-state index is 6.69. The molecule has 2 aromatic rings. The van der Waals surface area contributed by atoms with Gasteiger partial charge >= 0.3 is 0 Å². The second-order valence-electron chi connectivity index (χ2n) is 6.67. The lowest BCUT2D eigenvalue weighted by molar-refractivity contribution is 0.0778. The summed E-state index contributed by atoms with van der Waals surface area (Å²) in [6.07, 6.45) is 1.78. The highest BCUT2D eigenvalue weighted by Gasteiger charge is 2.41. The molecule has 29 heavy (non-hydrogen) atoms. The molecule has 0 amide bonds. The molecule has 0 radical (unpaired) electrons. The van der Waals surface area contributed by atoms with Gasteiger partial charge < -0.3 is 19.9 Å². The van der Waals surface area contributed by atoms with Crippen LogP contribution in [0.5, 0.6) is 0 Å². The lowest BCUT2D eigenvalue weighted by atomic mass is 9.85. The van der Waals surface area contributed by atoms with Crippen LogP contribution in [0.4, 0.5) is 11.4 Å². The fourth-order valence-electron chi connectivity index (χ4n) is 3.58. The van der Waals surface area contributed by atoms with Crippen LogP contribution in [0, 0.1) is 0 Å². The Morgan fingerprint density at radius 2 is 1.62 bits per heavy atom. The minimum Gasteiger partial charge on any atom is -0.381 e. The molecule has 158 valence electrons. The molecule has 2 aromatic carbocycles. The van der Waals surface area contributed by atoms with Crippen LogP contribution in [0.2, 0.25) is 5.02 Å². The Kier molecular flexibility index (Phi) is 9.30. The quantitative estimate of drug-likeness (QED) is 0.330. The van der Waals surface area contributed by atoms with E-state index in [1.54, 1.807) is 0 Å². The van der Waals surface area contributed by atoms with E-state index in [9.17, 15) is 0 Å². The number of ether oxygens (including phenoxy) is 1. The maximum absolute atomic E-state index is 6.69. The van der Waals surface area contributed by atoms with Crippen molar-refractivity contribution in [2.45, 2.75) is 45.2 Å². The van der Waals surface area contributed by atoms with Crippen molar-refractivity contribution in [2.75, 3.05) is 23.8 Å². The number of para-hydroxylation sites is 2. The molecule has 1 fully saturated rings. The molecule has 4 rings (SSSR count). The summed E-state index contributed by atoms with van der Waals surface area (Å²) in [6.45, 7) is 7.55. The highest BCUT2D eigenvalue weighted by molar-refractivity contribution is 7.74.